The van der Waals surface area contributed by atoms with Crippen LogP contribution in [0.1, 0.15) is 34.8 Å². The lowest BCUT2D eigenvalue weighted by Crippen LogP contribution is -2.23. The summed E-state index contributed by atoms with van der Waals surface area (Å²) in [5.41, 5.74) is 14.6. The zero-order valence-electron chi connectivity index (χ0n) is 10.7. The standard InChI is InChI=1S/C15H18N2O/c1-10-3-4-11(14(17)18)9-13(10)15(2)7-5-12(16)6-8-15/h3-7,9H,8,16H2,1-2H3,(H2,17,18). The maximum atomic E-state index is 11.3. The van der Waals surface area contributed by atoms with Crippen molar-refractivity contribution in [3.05, 3.63) is 58.8 Å². The van der Waals surface area contributed by atoms with Gasteiger partial charge in [-0.1, -0.05) is 25.1 Å². The van der Waals surface area contributed by atoms with E-state index < -0.39 is 5.91 Å². The minimum absolute atomic E-state index is 0.127. The SMILES string of the molecule is Cc1ccc(C(N)=O)cc1C1(C)C=CC(N)=CC1. The third-order valence-corrected chi connectivity index (χ3v) is 3.54. The lowest BCUT2D eigenvalue weighted by atomic mass is 9.74. The predicted molar refractivity (Wildman–Crippen MR) is 73.1 cm³/mol. The molecule has 0 spiro atoms. The van der Waals surface area contributed by atoms with E-state index in [2.05, 4.69) is 13.0 Å². The van der Waals surface area contributed by atoms with Gasteiger partial charge in [-0.2, -0.15) is 0 Å². The molecular formula is C15H18N2O. The Bertz CT molecular complexity index is 558. The number of amides is 1. The summed E-state index contributed by atoms with van der Waals surface area (Å²) in [5.74, 6) is -0.394. The second-order valence-corrected chi connectivity index (χ2v) is 5.05. The van der Waals surface area contributed by atoms with Gasteiger partial charge in [-0.3, -0.25) is 4.79 Å². The largest absolute Gasteiger partial charge is 0.399 e. The van der Waals surface area contributed by atoms with Crippen LogP contribution < -0.4 is 11.5 Å². The summed E-state index contributed by atoms with van der Waals surface area (Å²) in [6, 6.07) is 5.59. The van der Waals surface area contributed by atoms with Crippen LogP contribution in [0.3, 0.4) is 0 Å². The summed E-state index contributed by atoms with van der Waals surface area (Å²) >= 11 is 0. The van der Waals surface area contributed by atoms with Crippen molar-refractivity contribution in [3.8, 4) is 0 Å². The minimum Gasteiger partial charge on any atom is -0.399 e. The Morgan fingerprint density at radius 1 is 1.39 bits per heavy atom. The molecule has 0 saturated carbocycles. The molecule has 4 N–H and O–H groups in total. The third kappa shape index (κ3) is 2.16. The summed E-state index contributed by atoms with van der Waals surface area (Å²) in [5, 5.41) is 0. The van der Waals surface area contributed by atoms with E-state index in [9.17, 15) is 4.79 Å². The van der Waals surface area contributed by atoms with Crippen molar-refractivity contribution in [1.29, 1.82) is 0 Å². The number of primary amides is 1. The van der Waals surface area contributed by atoms with Crippen molar-refractivity contribution in [2.75, 3.05) is 0 Å². The van der Waals surface area contributed by atoms with Crippen LogP contribution in [0.2, 0.25) is 0 Å². The second-order valence-electron chi connectivity index (χ2n) is 5.05. The van der Waals surface area contributed by atoms with Crippen LogP contribution in [-0.2, 0) is 5.41 Å². The summed E-state index contributed by atoms with van der Waals surface area (Å²) < 4.78 is 0. The molecule has 2 rings (SSSR count). The zero-order chi connectivity index (χ0) is 13.3. The van der Waals surface area contributed by atoms with Crippen molar-refractivity contribution in [2.45, 2.75) is 25.7 Å². The number of carbonyl (C=O) groups is 1. The molecule has 1 aromatic carbocycles. The summed E-state index contributed by atoms with van der Waals surface area (Å²) in [6.45, 7) is 4.18. The molecule has 1 aliphatic rings. The first-order valence-electron chi connectivity index (χ1n) is 5.98. The van der Waals surface area contributed by atoms with E-state index in [-0.39, 0.29) is 5.41 Å². The fraction of sp³-hybridized carbons (Fsp3) is 0.267. The van der Waals surface area contributed by atoms with Crippen LogP contribution in [0.25, 0.3) is 0 Å². The van der Waals surface area contributed by atoms with Gasteiger partial charge in [-0.15, -0.1) is 0 Å². The maximum Gasteiger partial charge on any atom is 0.248 e. The molecule has 1 unspecified atom stereocenters. The lowest BCUT2D eigenvalue weighted by molar-refractivity contribution is 0.1000. The van der Waals surface area contributed by atoms with E-state index in [4.69, 9.17) is 11.5 Å². The molecule has 0 saturated heterocycles. The molecule has 1 atom stereocenters. The van der Waals surface area contributed by atoms with Gasteiger partial charge in [0.05, 0.1) is 0 Å². The molecule has 3 heteroatoms. The van der Waals surface area contributed by atoms with Gasteiger partial charge >= 0.3 is 0 Å². The van der Waals surface area contributed by atoms with Crippen molar-refractivity contribution < 1.29 is 4.79 Å². The molecule has 1 amide bonds. The number of benzene rings is 1. The number of hydrogen-bond donors (Lipinski definition) is 2. The molecule has 0 radical (unpaired) electrons. The van der Waals surface area contributed by atoms with Crippen molar-refractivity contribution in [1.82, 2.24) is 0 Å². The van der Waals surface area contributed by atoms with Gasteiger partial charge in [0, 0.05) is 16.7 Å². The Kier molecular flexibility index (Phi) is 2.99. The van der Waals surface area contributed by atoms with E-state index in [1.165, 1.54) is 0 Å². The first-order valence-corrected chi connectivity index (χ1v) is 5.98. The predicted octanol–water partition coefficient (Wildman–Crippen LogP) is 2.15. The average molecular weight is 242 g/mol. The third-order valence-electron chi connectivity index (χ3n) is 3.54. The Hall–Kier alpha value is -2.03. The van der Waals surface area contributed by atoms with E-state index in [0.717, 1.165) is 23.2 Å². The van der Waals surface area contributed by atoms with E-state index >= 15 is 0 Å². The molecule has 0 aromatic heterocycles. The number of aryl methyl sites for hydroxylation is 1. The lowest BCUT2D eigenvalue weighted by Gasteiger charge is -2.30. The second kappa shape index (κ2) is 4.33. The highest BCUT2D eigenvalue weighted by Gasteiger charge is 2.26. The van der Waals surface area contributed by atoms with E-state index in [1.807, 2.05) is 31.2 Å². The Balaban J connectivity index is 2.48. The smallest absolute Gasteiger partial charge is 0.248 e. The number of carbonyl (C=O) groups excluding carboxylic acids is 1. The van der Waals surface area contributed by atoms with Crippen molar-refractivity contribution >= 4 is 5.91 Å². The molecule has 94 valence electrons. The highest BCUT2D eigenvalue weighted by molar-refractivity contribution is 5.93. The molecule has 0 aliphatic heterocycles. The molecular weight excluding hydrogens is 224 g/mol. The fourth-order valence-corrected chi connectivity index (χ4v) is 2.34. The highest BCUT2D eigenvalue weighted by atomic mass is 16.1. The highest BCUT2D eigenvalue weighted by Crippen LogP contribution is 2.35. The number of rotatable bonds is 2. The monoisotopic (exact) mass is 242 g/mol. The topological polar surface area (TPSA) is 69.1 Å². The van der Waals surface area contributed by atoms with Gasteiger partial charge in [0.25, 0.3) is 0 Å². The Labute approximate surface area is 107 Å². The number of hydrogen-bond acceptors (Lipinski definition) is 2. The Morgan fingerprint density at radius 2 is 2.11 bits per heavy atom. The van der Waals surface area contributed by atoms with Gasteiger partial charge in [-0.25, -0.2) is 0 Å². The van der Waals surface area contributed by atoms with Gasteiger partial charge in [0.2, 0.25) is 5.91 Å². The summed E-state index contributed by atoms with van der Waals surface area (Å²) in [6.07, 6.45) is 6.85. The molecule has 3 nitrogen and oxygen atoms in total. The molecule has 1 aromatic rings. The summed E-state index contributed by atoms with van der Waals surface area (Å²) in [7, 11) is 0. The van der Waals surface area contributed by atoms with E-state index in [0.29, 0.717) is 5.56 Å². The number of nitrogens with two attached hydrogens (primary N) is 2. The first kappa shape index (κ1) is 12.4. The quantitative estimate of drug-likeness (QED) is 0.834. The van der Waals surface area contributed by atoms with Crippen molar-refractivity contribution in [3.63, 3.8) is 0 Å². The first-order chi connectivity index (χ1) is 8.42. The zero-order valence-corrected chi connectivity index (χ0v) is 10.7. The van der Waals surface area contributed by atoms with Crippen LogP contribution in [0.4, 0.5) is 0 Å². The average Bonchev–Trinajstić information content (AvgIpc) is 2.33. The van der Waals surface area contributed by atoms with Crippen LogP contribution in [-0.4, -0.2) is 5.91 Å². The molecule has 1 aliphatic carbocycles. The fourth-order valence-electron chi connectivity index (χ4n) is 2.34. The van der Waals surface area contributed by atoms with Gasteiger partial charge in [0.15, 0.2) is 0 Å². The number of allylic oxidation sites excluding steroid dienone is 3. The minimum atomic E-state index is -0.394. The molecule has 0 bridgehead atoms. The normalized spacial score (nSPS) is 22.7. The molecule has 0 fully saturated rings. The van der Waals surface area contributed by atoms with Crippen LogP contribution in [0.15, 0.2) is 42.1 Å². The van der Waals surface area contributed by atoms with Gasteiger partial charge < -0.3 is 11.5 Å². The van der Waals surface area contributed by atoms with E-state index in [1.54, 1.807) is 6.07 Å². The van der Waals surface area contributed by atoms with Crippen LogP contribution in [0, 0.1) is 6.92 Å². The van der Waals surface area contributed by atoms with Crippen molar-refractivity contribution in [2.24, 2.45) is 11.5 Å². The summed E-state index contributed by atoms with van der Waals surface area (Å²) in [4.78, 5) is 11.3. The maximum absolute atomic E-state index is 11.3. The Morgan fingerprint density at radius 3 is 2.67 bits per heavy atom. The van der Waals surface area contributed by atoms with Gasteiger partial charge in [-0.05, 0) is 42.7 Å². The van der Waals surface area contributed by atoms with Gasteiger partial charge in [0.1, 0.15) is 0 Å². The van der Waals surface area contributed by atoms with Crippen LogP contribution in [0.5, 0.6) is 0 Å². The molecule has 18 heavy (non-hydrogen) atoms. The van der Waals surface area contributed by atoms with Crippen LogP contribution >= 0.6 is 0 Å². The molecule has 0 heterocycles.